The van der Waals surface area contributed by atoms with Gasteiger partial charge in [0.05, 0.1) is 0 Å². The van der Waals surface area contributed by atoms with Crippen molar-refractivity contribution in [3.8, 4) is 0 Å². The van der Waals surface area contributed by atoms with Crippen LogP contribution >= 0.6 is 0 Å². The number of nitrogens with one attached hydrogen (secondary N) is 1. The molecule has 1 atom stereocenters. The van der Waals surface area contributed by atoms with Crippen LogP contribution in [0.15, 0.2) is 34.9 Å². The van der Waals surface area contributed by atoms with E-state index < -0.39 is 0 Å². The van der Waals surface area contributed by atoms with Crippen molar-refractivity contribution >= 4 is 17.4 Å². The Morgan fingerprint density at radius 2 is 2.25 bits per heavy atom. The van der Waals surface area contributed by atoms with Gasteiger partial charge in [-0.05, 0) is 31.9 Å². The smallest absolute Gasteiger partial charge is 0.248 e. The van der Waals surface area contributed by atoms with Crippen molar-refractivity contribution in [1.29, 1.82) is 0 Å². The van der Waals surface area contributed by atoms with Gasteiger partial charge in [0.25, 0.3) is 0 Å². The van der Waals surface area contributed by atoms with Crippen LogP contribution in [-0.4, -0.2) is 23.7 Å². The molecule has 2 heterocycles. The minimum atomic E-state index is -0.240. The summed E-state index contributed by atoms with van der Waals surface area (Å²) in [4.78, 5) is 14.4. The number of nitrogens with zero attached hydrogens (tertiary/aromatic N) is 2. The molecule has 3 rings (SSSR count). The Morgan fingerprint density at radius 1 is 1.45 bits per heavy atom. The van der Waals surface area contributed by atoms with E-state index in [2.05, 4.69) is 27.5 Å². The van der Waals surface area contributed by atoms with Crippen molar-refractivity contribution in [2.45, 2.75) is 26.3 Å². The highest BCUT2D eigenvalue weighted by Crippen LogP contribution is 2.29. The number of carbonyl (C=O) groups is 1. The number of rotatable bonds is 3. The molecule has 5 heteroatoms. The molecule has 1 aromatic heterocycles. The molecular weight excluding hydrogens is 254 g/mol. The van der Waals surface area contributed by atoms with E-state index in [9.17, 15) is 4.79 Å². The quantitative estimate of drug-likeness (QED) is 0.931. The lowest BCUT2D eigenvalue weighted by molar-refractivity contribution is -0.117. The molecule has 0 bridgehead atoms. The van der Waals surface area contributed by atoms with E-state index in [0.717, 1.165) is 18.7 Å². The molecule has 1 aliphatic rings. The molecule has 5 nitrogen and oxygen atoms in total. The molecule has 0 unspecified atom stereocenters. The van der Waals surface area contributed by atoms with Crippen LogP contribution in [0.5, 0.6) is 0 Å². The fraction of sp³-hybridized carbons (Fsp3) is 0.333. The minimum Gasteiger partial charge on any atom is -0.360 e. The SMILES string of the molecule is Cc1cc(NC(=O)[C@H](C)N2CCc3ccccc32)no1. The summed E-state index contributed by atoms with van der Waals surface area (Å²) in [5.74, 6) is 1.07. The number of aromatic nitrogens is 1. The lowest BCUT2D eigenvalue weighted by Crippen LogP contribution is -2.41. The maximum Gasteiger partial charge on any atom is 0.248 e. The van der Waals surface area contributed by atoms with Crippen molar-refractivity contribution < 1.29 is 9.32 Å². The molecule has 0 aliphatic carbocycles. The van der Waals surface area contributed by atoms with Gasteiger partial charge in [-0.25, -0.2) is 0 Å². The molecule has 104 valence electrons. The zero-order chi connectivity index (χ0) is 14.1. The monoisotopic (exact) mass is 271 g/mol. The molecule has 1 aliphatic heterocycles. The summed E-state index contributed by atoms with van der Waals surface area (Å²) in [5, 5.41) is 6.57. The molecule has 1 amide bonds. The first-order valence-electron chi connectivity index (χ1n) is 6.74. The van der Waals surface area contributed by atoms with Crippen LogP contribution in [0.25, 0.3) is 0 Å². The third-order valence-electron chi connectivity index (χ3n) is 3.65. The number of hydrogen-bond acceptors (Lipinski definition) is 4. The second-order valence-electron chi connectivity index (χ2n) is 5.06. The van der Waals surface area contributed by atoms with Crippen LogP contribution < -0.4 is 10.2 Å². The number of fused-ring (bicyclic) bond motifs is 1. The molecule has 0 fully saturated rings. The first-order valence-corrected chi connectivity index (χ1v) is 6.74. The van der Waals surface area contributed by atoms with E-state index in [1.54, 1.807) is 13.0 Å². The van der Waals surface area contributed by atoms with Crippen LogP contribution in [0.4, 0.5) is 11.5 Å². The Hall–Kier alpha value is -2.30. The molecule has 20 heavy (non-hydrogen) atoms. The molecule has 1 aromatic carbocycles. The summed E-state index contributed by atoms with van der Waals surface area (Å²) >= 11 is 0. The van der Waals surface area contributed by atoms with Crippen molar-refractivity contribution in [2.75, 3.05) is 16.8 Å². The molecule has 2 aromatic rings. The third-order valence-corrected chi connectivity index (χ3v) is 3.65. The maximum atomic E-state index is 12.3. The standard InChI is InChI=1S/C15H17N3O2/c1-10-9-14(17-20-10)16-15(19)11(2)18-8-7-12-5-3-4-6-13(12)18/h3-6,9,11H,7-8H2,1-2H3,(H,16,17,19)/t11-/m0/s1. The topological polar surface area (TPSA) is 58.4 Å². The summed E-state index contributed by atoms with van der Waals surface area (Å²) < 4.78 is 4.95. The Kier molecular flexibility index (Phi) is 3.18. The molecule has 0 saturated heterocycles. The van der Waals surface area contributed by atoms with Crippen molar-refractivity contribution in [3.05, 3.63) is 41.7 Å². The highest BCUT2D eigenvalue weighted by molar-refractivity contribution is 5.96. The summed E-state index contributed by atoms with van der Waals surface area (Å²) in [7, 11) is 0. The summed E-state index contributed by atoms with van der Waals surface area (Å²) in [5.41, 5.74) is 2.44. The Labute approximate surface area is 117 Å². The Morgan fingerprint density at radius 3 is 3.00 bits per heavy atom. The molecule has 0 radical (unpaired) electrons. The van der Waals surface area contributed by atoms with E-state index in [1.165, 1.54) is 5.56 Å². The average Bonchev–Trinajstić information content (AvgIpc) is 3.04. The van der Waals surface area contributed by atoms with Gasteiger partial charge in [0, 0.05) is 18.3 Å². The number of aryl methyl sites for hydroxylation is 1. The van der Waals surface area contributed by atoms with Gasteiger partial charge in [0.15, 0.2) is 5.82 Å². The first kappa shape index (κ1) is 12.7. The summed E-state index contributed by atoms with van der Waals surface area (Å²) in [6.45, 7) is 4.57. The van der Waals surface area contributed by atoms with E-state index in [0.29, 0.717) is 11.6 Å². The summed E-state index contributed by atoms with van der Waals surface area (Å²) in [6.07, 6.45) is 0.983. The van der Waals surface area contributed by atoms with Crippen LogP contribution in [0.3, 0.4) is 0 Å². The lowest BCUT2D eigenvalue weighted by Gasteiger charge is -2.25. The largest absolute Gasteiger partial charge is 0.360 e. The zero-order valence-corrected chi connectivity index (χ0v) is 11.6. The molecular formula is C15H17N3O2. The molecule has 1 N–H and O–H groups in total. The fourth-order valence-electron chi connectivity index (χ4n) is 2.56. The lowest BCUT2D eigenvalue weighted by atomic mass is 10.1. The van der Waals surface area contributed by atoms with Crippen molar-refractivity contribution in [1.82, 2.24) is 5.16 Å². The number of anilines is 2. The predicted octanol–water partition coefficient (Wildman–Crippen LogP) is 2.37. The van der Waals surface area contributed by atoms with Gasteiger partial charge in [-0.1, -0.05) is 23.4 Å². The minimum absolute atomic E-state index is 0.0741. The average molecular weight is 271 g/mol. The number of amides is 1. The zero-order valence-electron chi connectivity index (χ0n) is 11.6. The van der Waals surface area contributed by atoms with Crippen LogP contribution in [-0.2, 0) is 11.2 Å². The predicted molar refractivity (Wildman–Crippen MR) is 76.8 cm³/mol. The number of carbonyl (C=O) groups excluding carboxylic acids is 1. The van der Waals surface area contributed by atoms with Gasteiger partial charge in [-0.2, -0.15) is 0 Å². The first-order chi connectivity index (χ1) is 9.65. The number of para-hydroxylation sites is 1. The number of benzene rings is 1. The van der Waals surface area contributed by atoms with Crippen LogP contribution in [0.2, 0.25) is 0 Å². The van der Waals surface area contributed by atoms with Crippen molar-refractivity contribution in [2.24, 2.45) is 0 Å². The molecule has 0 saturated carbocycles. The van der Waals surface area contributed by atoms with Gasteiger partial charge in [0.2, 0.25) is 5.91 Å². The van der Waals surface area contributed by atoms with Gasteiger partial charge in [-0.3, -0.25) is 4.79 Å². The van der Waals surface area contributed by atoms with E-state index in [-0.39, 0.29) is 11.9 Å². The van der Waals surface area contributed by atoms with Crippen LogP contribution in [0, 0.1) is 6.92 Å². The highest BCUT2D eigenvalue weighted by atomic mass is 16.5. The Balaban J connectivity index is 1.73. The van der Waals surface area contributed by atoms with E-state index >= 15 is 0 Å². The molecule has 0 spiro atoms. The highest BCUT2D eigenvalue weighted by Gasteiger charge is 2.27. The fourth-order valence-corrected chi connectivity index (χ4v) is 2.56. The maximum absolute atomic E-state index is 12.3. The normalized spacial score (nSPS) is 15.0. The van der Waals surface area contributed by atoms with Gasteiger partial charge < -0.3 is 14.7 Å². The Bertz CT molecular complexity index is 636. The van der Waals surface area contributed by atoms with E-state index in [4.69, 9.17) is 4.52 Å². The third kappa shape index (κ3) is 2.27. The number of hydrogen-bond donors (Lipinski definition) is 1. The van der Waals surface area contributed by atoms with Crippen molar-refractivity contribution in [3.63, 3.8) is 0 Å². The van der Waals surface area contributed by atoms with Gasteiger partial charge in [-0.15, -0.1) is 0 Å². The van der Waals surface area contributed by atoms with Gasteiger partial charge >= 0.3 is 0 Å². The van der Waals surface area contributed by atoms with E-state index in [1.807, 2.05) is 19.1 Å². The van der Waals surface area contributed by atoms with Gasteiger partial charge in [0.1, 0.15) is 11.8 Å². The second kappa shape index (κ2) is 5.00. The summed E-state index contributed by atoms with van der Waals surface area (Å²) in [6, 6.07) is 9.68. The van der Waals surface area contributed by atoms with Crippen LogP contribution in [0.1, 0.15) is 18.2 Å². The second-order valence-corrected chi connectivity index (χ2v) is 5.06.